The van der Waals surface area contributed by atoms with Gasteiger partial charge in [0.25, 0.3) is 0 Å². The molecule has 1 aliphatic heterocycles. The summed E-state index contributed by atoms with van der Waals surface area (Å²) in [4.78, 5) is 0. The standard InChI is InChI=1S/C36H56Si8/c1-37(2,3)43(38(4,5)6)41(33-25-17-13-18-26-33,34-27-19-14-20-28-34)44(39(7,8)9,40(10,11)12)42(43,35-29-21-15-22-30-35)36-31-23-16-24-32-36/h13-32H,1-12H3. The van der Waals surface area contributed by atoms with Gasteiger partial charge in [0.2, 0.25) is 0 Å². The predicted octanol–water partition coefficient (Wildman–Crippen LogP) is 7.40. The van der Waals surface area contributed by atoms with Crippen molar-refractivity contribution in [2.75, 3.05) is 0 Å². The summed E-state index contributed by atoms with van der Waals surface area (Å²) in [7, 11) is -11.8. The van der Waals surface area contributed by atoms with Gasteiger partial charge in [-0.25, -0.2) is 0 Å². The third-order valence-electron chi connectivity index (χ3n) is 11.6. The molecule has 0 amide bonds. The highest BCUT2D eigenvalue weighted by Gasteiger charge is 2.99. The Balaban J connectivity index is 2.31. The van der Waals surface area contributed by atoms with Crippen LogP contribution in [0, 0.1) is 0 Å². The molecule has 0 aromatic heterocycles. The third-order valence-corrected chi connectivity index (χ3v) is 239. The maximum absolute atomic E-state index is 2.89. The van der Waals surface area contributed by atoms with Gasteiger partial charge < -0.3 is 0 Å². The molecule has 44 heavy (non-hydrogen) atoms. The van der Waals surface area contributed by atoms with Gasteiger partial charge in [-0.05, 0) is 0 Å². The highest BCUT2D eigenvalue weighted by Crippen LogP contribution is 2.62. The van der Waals surface area contributed by atoms with Crippen LogP contribution in [0.4, 0.5) is 0 Å². The van der Waals surface area contributed by atoms with Crippen molar-refractivity contribution in [3.05, 3.63) is 121 Å². The number of rotatable bonds is 8. The van der Waals surface area contributed by atoms with Crippen LogP contribution < -0.4 is 20.7 Å². The molecule has 5 rings (SSSR count). The molecule has 0 aliphatic carbocycles. The van der Waals surface area contributed by atoms with E-state index in [1.807, 2.05) is 20.7 Å². The minimum atomic E-state index is -2.31. The van der Waals surface area contributed by atoms with Crippen LogP contribution in [0.5, 0.6) is 0 Å². The van der Waals surface area contributed by atoms with E-state index in [4.69, 9.17) is 0 Å². The number of hydrogen-bond acceptors (Lipinski definition) is 0. The molecule has 232 valence electrons. The highest BCUT2D eigenvalue weighted by atomic mass is 30.6. The lowest BCUT2D eigenvalue weighted by Crippen LogP contribution is -3.29. The van der Waals surface area contributed by atoms with Crippen molar-refractivity contribution in [2.24, 2.45) is 0 Å². The number of benzene rings is 4. The molecular formula is C36H56Si8. The van der Waals surface area contributed by atoms with Gasteiger partial charge >= 0.3 is 0 Å². The van der Waals surface area contributed by atoms with E-state index < -0.39 is 56.9 Å². The van der Waals surface area contributed by atoms with Gasteiger partial charge in [0.1, 0.15) is 0 Å². The van der Waals surface area contributed by atoms with Crippen molar-refractivity contribution in [2.45, 2.75) is 78.6 Å². The first-order valence-corrected chi connectivity index (χ1v) is 46.6. The van der Waals surface area contributed by atoms with Crippen LogP contribution in [0.15, 0.2) is 121 Å². The smallest absolute Gasteiger partial charge is 0.0720 e. The predicted molar refractivity (Wildman–Crippen MR) is 221 cm³/mol. The molecule has 1 aliphatic rings. The first-order chi connectivity index (χ1) is 20.4. The molecule has 0 saturated carbocycles. The van der Waals surface area contributed by atoms with E-state index in [2.05, 4.69) is 200 Å². The van der Waals surface area contributed by atoms with Gasteiger partial charge in [0.05, 0.1) is 14.2 Å². The van der Waals surface area contributed by atoms with Gasteiger partial charge in [-0.3, -0.25) is 0 Å². The summed E-state index contributed by atoms with van der Waals surface area (Å²) in [5, 5.41) is 7.42. The largest absolute Gasteiger partial charge is 0.0921 e. The monoisotopic (exact) mass is 712 g/mol. The maximum atomic E-state index is 2.89. The van der Waals surface area contributed by atoms with Crippen molar-refractivity contribution < 1.29 is 0 Å². The first kappa shape index (κ1) is 34.0. The fourth-order valence-electron chi connectivity index (χ4n) is 12.6. The Hall–Kier alpha value is -1.38. The topological polar surface area (TPSA) is 0 Å². The van der Waals surface area contributed by atoms with E-state index in [9.17, 15) is 0 Å². The third kappa shape index (κ3) is 3.98. The summed E-state index contributed by atoms with van der Waals surface area (Å²) < 4.78 is 0. The molecule has 0 unspecified atom stereocenters. The Morgan fingerprint density at radius 1 is 0.273 bits per heavy atom. The van der Waals surface area contributed by atoms with E-state index in [0.717, 1.165) is 0 Å². The van der Waals surface area contributed by atoms with Crippen LogP contribution >= 0.6 is 0 Å². The van der Waals surface area contributed by atoms with E-state index >= 15 is 0 Å². The summed E-state index contributed by atoms with van der Waals surface area (Å²) in [6, 6.07) is 50.2. The van der Waals surface area contributed by atoms with Crippen molar-refractivity contribution >= 4 is 77.6 Å². The molecule has 0 N–H and O–H groups in total. The van der Waals surface area contributed by atoms with E-state index in [-0.39, 0.29) is 0 Å². The normalized spacial score (nSPS) is 19.2. The molecular weight excluding hydrogens is 657 g/mol. The average Bonchev–Trinajstić information content (AvgIpc) is 2.92. The molecule has 8 heteroatoms. The zero-order valence-electron chi connectivity index (χ0n) is 29.5. The second-order valence-corrected chi connectivity index (χ2v) is 110. The molecule has 1 saturated heterocycles. The summed E-state index contributed by atoms with van der Waals surface area (Å²) >= 11 is 0. The fourth-order valence-corrected chi connectivity index (χ4v) is 474. The SMILES string of the molecule is C[Si](C)(C)[Si]1([Si](C)(C)C)[Si](c2ccccc2)(c2ccccc2)[Si]([Si](C)(C)C)([Si](C)(C)C)[Si]1(c1ccccc1)c1ccccc1. The van der Waals surface area contributed by atoms with Crippen LogP contribution in [0.3, 0.4) is 0 Å². The van der Waals surface area contributed by atoms with Crippen LogP contribution in [0.25, 0.3) is 0 Å². The van der Waals surface area contributed by atoms with Gasteiger partial charge in [0.15, 0.2) is 0 Å². The average molecular weight is 714 g/mol. The number of hydrogen-bond donors (Lipinski definition) is 0. The molecule has 0 radical (unpaired) electrons. The second kappa shape index (κ2) is 11.1. The van der Waals surface area contributed by atoms with Gasteiger partial charge in [-0.1, -0.05) is 221 Å². The van der Waals surface area contributed by atoms with Crippen molar-refractivity contribution in [3.8, 4) is 0 Å². The second-order valence-electron chi connectivity index (χ2n) is 17.5. The summed E-state index contributed by atoms with van der Waals surface area (Å²) in [6.45, 7) is 34.7. The highest BCUT2D eigenvalue weighted by molar-refractivity contribution is 8.47. The molecule has 4 aromatic rings. The van der Waals surface area contributed by atoms with E-state index in [1.165, 1.54) is 0 Å². The Bertz CT molecular complexity index is 1330. The molecule has 0 nitrogen and oxygen atoms in total. The molecule has 0 spiro atoms. The summed E-state index contributed by atoms with van der Waals surface area (Å²) in [5.41, 5.74) is 0. The summed E-state index contributed by atoms with van der Waals surface area (Å²) in [6.07, 6.45) is -4.27. The maximum Gasteiger partial charge on any atom is 0.0921 e. The van der Waals surface area contributed by atoms with Crippen molar-refractivity contribution in [1.82, 2.24) is 0 Å². The Morgan fingerprint density at radius 2 is 0.432 bits per heavy atom. The molecule has 0 bridgehead atoms. The van der Waals surface area contributed by atoms with Crippen LogP contribution in [0.1, 0.15) is 0 Å². The Kier molecular flexibility index (Phi) is 8.57. The van der Waals surface area contributed by atoms with Crippen molar-refractivity contribution in [1.29, 1.82) is 0 Å². The van der Waals surface area contributed by atoms with Crippen molar-refractivity contribution in [3.63, 3.8) is 0 Å². The zero-order chi connectivity index (χ0) is 32.5. The van der Waals surface area contributed by atoms with Crippen LogP contribution in [0.2, 0.25) is 78.6 Å². The molecule has 4 aromatic carbocycles. The quantitative estimate of drug-likeness (QED) is 0.167. The lowest BCUT2D eigenvalue weighted by Gasteiger charge is -2.90. The molecule has 0 atom stereocenters. The van der Waals surface area contributed by atoms with Gasteiger partial charge in [-0.15, -0.1) is 0 Å². The minimum absolute atomic E-state index is 1.80. The molecule has 1 heterocycles. The minimum Gasteiger partial charge on any atom is -0.0720 e. The zero-order valence-corrected chi connectivity index (χ0v) is 37.5. The fraction of sp³-hybridized carbons (Fsp3) is 0.333. The van der Waals surface area contributed by atoms with Gasteiger partial charge in [-0.2, -0.15) is 0 Å². The molecule has 1 fully saturated rings. The first-order valence-electron chi connectivity index (χ1n) is 16.6. The van der Waals surface area contributed by atoms with Crippen LogP contribution in [-0.2, 0) is 0 Å². The van der Waals surface area contributed by atoms with E-state index in [0.29, 0.717) is 0 Å². The summed E-state index contributed by atoms with van der Waals surface area (Å²) in [5.74, 6) is 0. The lowest BCUT2D eigenvalue weighted by atomic mass is 10.4. The Morgan fingerprint density at radius 3 is 0.568 bits per heavy atom. The van der Waals surface area contributed by atoms with Gasteiger partial charge in [0, 0.05) is 42.7 Å². The van der Waals surface area contributed by atoms with E-state index in [1.54, 1.807) is 0 Å². The Labute approximate surface area is 275 Å². The van der Waals surface area contributed by atoms with Crippen LogP contribution in [-0.4, -0.2) is 56.9 Å². The lowest BCUT2D eigenvalue weighted by molar-refractivity contribution is 1.69.